The van der Waals surface area contributed by atoms with E-state index in [0.29, 0.717) is 23.2 Å². The van der Waals surface area contributed by atoms with Gasteiger partial charge in [-0.05, 0) is 134 Å². The topological polar surface area (TPSA) is 55.8 Å². The minimum atomic E-state index is -0.284. The van der Waals surface area contributed by atoms with Crippen molar-refractivity contribution < 1.29 is 19.4 Å². The van der Waals surface area contributed by atoms with Gasteiger partial charge in [-0.3, -0.25) is 0 Å². The lowest BCUT2D eigenvalue weighted by molar-refractivity contribution is -0.146. The molecule has 0 heterocycles. The molecule has 3 fully saturated rings. The highest BCUT2D eigenvalue weighted by molar-refractivity contribution is 5.87. The number of ether oxygens (including phenoxy) is 2. The van der Waals surface area contributed by atoms with Gasteiger partial charge < -0.3 is 14.6 Å². The zero-order chi connectivity index (χ0) is 33.3. The molecule has 0 aliphatic heterocycles. The van der Waals surface area contributed by atoms with Crippen molar-refractivity contribution in [3.05, 3.63) is 47.1 Å². The van der Waals surface area contributed by atoms with Gasteiger partial charge in [0.05, 0.1) is 13.2 Å². The Balaban J connectivity index is 1.22. The number of hydrogen-bond donors (Lipinski definition) is 1. The van der Waals surface area contributed by atoms with E-state index in [1.807, 2.05) is 25.1 Å². The summed E-state index contributed by atoms with van der Waals surface area (Å²) >= 11 is 0. The van der Waals surface area contributed by atoms with Crippen molar-refractivity contribution in [2.75, 3.05) is 6.61 Å². The molecule has 4 nitrogen and oxygen atoms in total. The minimum absolute atomic E-state index is 0.0553. The second kappa shape index (κ2) is 14.2. The van der Waals surface area contributed by atoms with Gasteiger partial charge in [0.15, 0.2) is 0 Å². The van der Waals surface area contributed by atoms with Gasteiger partial charge in [0.2, 0.25) is 0 Å². The highest BCUT2D eigenvalue weighted by Crippen LogP contribution is 2.72. The van der Waals surface area contributed by atoms with Crippen LogP contribution in [0.3, 0.4) is 0 Å². The molecular weight excluding hydrogens is 568 g/mol. The Labute approximate surface area is 280 Å². The first-order chi connectivity index (χ1) is 21.9. The fraction of sp³-hybridized carbons (Fsp3) is 0.738. The largest absolute Gasteiger partial charge is 0.494 e. The van der Waals surface area contributed by atoms with E-state index in [2.05, 4.69) is 54.5 Å². The number of carbonyl (C=O) groups is 1. The maximum absolute atomic E-state index is 12.9. The molecule has 46 heavy (non-hydrogen) atoms. The van der Waals surface area contributed by atoms with Crippen LogP contribution in [0, 0.1) is 51.8 Å². The molecule has 3 saturated carbocycles. The molecule has 256 valence electrons. The maximum Gasteiger partial charge on any atom is 0.331 e. The third-order valence-electron chi connectivity index (χ3n) is 14.4. The molecule has 0 radical (unpaired) electrons. The highest BCUT2D eigenvalue weighted by atomic mass is 16.5. The summed E-state index contributed by atoms with van der Waals surface area (Å²) in [7, 11) is 0. The number of benzene rings is 1. The van der Waals surface area contributed by atoms with Gasteiger partial charge in [-0.1, -0.05) is 79.0 Å². The monoisotopic (exact) mass is 632 g/mol. The summed E-state index contributed by atoms with van der Waals surface area (Å²) in [6.45, 7) is 20.1. The Bertz CT molecular complexity index is 1280. The van der Waals surface area contributed by atoms with Crippen LogP contribution in [0.1, 0.15) is 137 Å². The second-order valence-corrected chi connectivity index (χ2v) is 16.7. The number of rotatable bonds is 12. The lowest BCUT2D eigenvalue weighted by atomic mass is 9.42. The Morgan fingerprint density at radius 3 is 2.46 bits per heavy atom. The smallest absolute Gasteiger partial charge is 0.331 e. The van der Waals surface area contributed by atoms with Crippen LogP contribution < -0.4 is 4.74 Å². The first-order valence-electron chi connectivity index (χ1n) is 18.8. The van der Waals surface area contributed by atoms with E-state index in [0.717, 1.165) is 65.9 Å². The van der Waals surface area contributed by atoms with Gasteiger partial charge in [0.1, 0.15) is 11.9 Å². The lowest BCUT2D eigenvalue weighted by Gasteiger charge is -2.63. The molecule has 4 aliphatic rings. The van der Waals surface area contributed by atoms with E-state index >= 15 is 0 Å². The molecule has 0 saturated heterocycles. The third-order valence-corrected chi connectivity index (χ3v) is 14.4. The first-order valence-corrected chi connectivity index (χ1v) is 18.8. The van der Waals surface area contributed by atoms with Crippen LogP contribution in [-0.4, -0.2) is 23.8 Å². The molecule has 1 aromatic rings. The summed E-state index contributed by atoms with van der Waals surface area (Å²) in [5.74, 6) is 5.21. The van der Waals surface area contributed by atoms with Gasteiger partial charge in [-0.2, -0.15) is 0 Å². The SMILES string of the molecule is CCOc1ccc(/C=C/C(=O)OC2CCC3(C)C(=CCC4C3CCC3(C)C(C(C)CCC(CC)C(C)C)CCC43C)C2)cc1CO. The van der Waals surface area contributed by atoms with Crippen molar-refractivity contribution in [2.45, 2.75) is 139 Å². The summed E-state index contributed by atoms with van der Waals surface area (Å²) < 4.78 is 11.6. The van der Waals surface area contributed by atoms with Crippen LogP contribution in [-0.2, 0) is 16.1 Å². The molecule has 1 N–H and O–H groups in total. The number of hydrogen-bond acceptors (Lipinski definition) is 4. The van der Waals surface area contributed by atoms with E-state index in [9.17, 15) is 9.90 Å². The summed E-state index contributed by atoms with van der Waals surface area (Å²) in [5, 5.41) is 9.71. The van der Waals surface area contributed by atoms with Crippen LogP contribution in [0.25, 0.3) is 6.08 Å². The van der Waals surface area contributed by atoms with E-state index in [4.69, 9.17) is 9.47 Å². The molecule has 0 spiro atoms. The molecule has 0 bridgehead atoms. The van der Waals surface area contributed by atoms with Crippen molar-refractivity contribution in [1.82, 2.24) is 0 Å². The van der Waals surface area contributed by atoms with Gasteiger partial charge >= 0.3 is 5.97 Å². The lowest BCUT2D eigenvalue weighted by Crippen LogP contribution is -2.55. The van der Waals surface area contributed by atoms with Crippen molar-refractivity contribution in [3.63, 3.8) is 0 Å². The first kappa shape index (κ1) is 35.2. The number of aliphatic hydroxyl groups excluding tert-OH is 1. The van der Waals surface area contributed by atoms with Crippen LogP contribution >= 0.6 is 0 Å². The summed E-state index contributed by atoms with van der Waals surface area (Å²) in [6.07, 6.45) is 19.6. The van der Waals surface area contributed by atoms with Crippen molar-refractivity contribution >= 4 is 12.0 Å². The molecular formula is C42H64O4. The predicted molar refractivity (Wildman–Crippen MR) is 189 cm³/mol. The molecule has 4 aliphatic carbocycles. The number of aliphatic hydroxyl groups is 1. The molecule has 4 heteroatoms. The standard InChI is InChI=1S/C42H64O4/c1-9-31(28(3)4)14-11-29(5)35-20-23-42(8)37-16-15-33-26-34(19-22-40(33,6)36(37)21-24-41(35,42)7)46-39(44)18-13-30-12-17-38(45-10-2)32(25-30)27-43/h12-13,15,17-18,25,28-29,31,34-37,43H,9-11,14,16,19-24,26-27H2,1-8H3/b18-13+. The molecule has 0 amide bonds. The molecule has 1 aromatic carbocycles. The summed E-state index contributed by atoms with van der Waals surface area (Å²) in [6, 6.07) is 5.61. The van der Waals surface area contributed by atoms with E-state index in [1.54, 1.807) is 11.6 Å². The Morgan fingerprint density at radius 1 is 1.00 bits per heavy atom. The number of fused-ring (bicyclic) bond motifs is 5. The Morgan fingerprint density at radius 2 is 1.76 bits per heavy atom. The van der Waals surface area contributed by atoms with E-state index in [-0.39, 0.29) is 24.1 Å². The molecule has 9 unspecified atom stereocenters. The second-order valence-electron chi connectivity index (χ2n) is 16.7. The Hall–Kier alpha value is -2.07. The van der Waals surface area contributed by atoms with Gasteiger partial charge in [-0.25, -0.2) is 4.79 Å². The zero-order valence-corrected chi connectivity index (χ0v) is 30.4. The van der Waals surface area contributed by atoms with Gasteiger partial charge in [0, 0.05) is 18.1 Å². The normalized spacial score (nSPS) is 35.2. The van der Waals surface area contributed by atoms with Crippen LogP contribution in [0.15, 0.2) is 35.9 Å². The van der Waals surface area contributed by atoms with Crippen LogP contribution in [0.5, 0.6) is 5.75 Å². The average molecular weight is 633 g/mol. The maximum atomic E-state index is 12.9. The van der Waals surface area contributed by atoms with Crippen molar-refractivity contribution in [1.29, 1.82) is 0 Å². The zero-order valence-electron chi connectivity index (χ0n) is 30.4. The van der Waals surface area contributed by atoms with Crippen molar-refractivity contribution in [3.8, 4) is 5.75 Å². The fourth-order valence-corrected chi connectivity index (χ4v) is 11.3. The molecule has 5 rings (SSSR count). The van der Waals surface area contributed by atoms with E-state index in [1.165, 1.54) is 57.4 Å². The minimum Gasteiger partial charge on any atom is -0.494 e. The van der Waals surface area contributed by atoms with Crippen LogP contribution in [0.2, 0.25) is 0 Å². The average Bonchev–Trinajstić information content (AvgIpc) is 3.31. The number of esters is 1. The van der Waals surface area contributed by atoms with E-state index < -0.39 is 0 Å². The summed E-state index contributed by atoms with van der Waals surface area (Å²) in [5.41, 5.74) is 4.20. The number of allylic oxidation sites excluding steroid dienone is 1. The fourth-order valence-electron chi connectivity index (χ4n) is 11.3. The quantitative estimate of drug-likeness (QED) is 0.141. The van der Waals surface area contributed by atoms with Gasteiger partial charge in [0.25, 0.3) is 0 Å². The van der Waals surface area contributed by atoms with Crippen molar-refractivity contribution in [2.24, 2.45) is 51.8 Å². The summed E-state index contributed by atoms with van der Waals surface area (Å²) in [4.78, 5) is 12.9. The predicted octanol–water partition coefficient (Wildman–Crippen LogP) is 10.6. The Kier molecular flexibility index (Phi) is 10.9. The van der Waals surface area contributed by atoms with Crippen LogP contribution in [0.4, 0.5) is 0 Å². The third kappa shape index (κ3) is 6.50. The molecule has 9 atom stereocenters. The number of carbonyl (C=O) groups excluding carboxylic acids is 1. The van der Waals surface area contributed by atoms with Gasteiger partial charge in [-0.15, -0.1) is 0 Å². The highest BCUT2D eigenvalue weighted by Gasteiger charge is 2.64. The molecule has 0 aromatic heterocycles.